The van der Waals surface area contributed by atoms with Gasteiger partial charge in [-0.15, -0.1) is 0 Å². The fourth-order valence-corrected chi connectivity index (χ4v) is 13.2. The van der Waals surface area contributed by atoms with Crippen LogP contribution in [-0.2, 0) is 13.3 Å². The number of nitrogens with two attached hydrogens (primary N) is 1. The van der Waals surface area contributed by atoms with E-state index in [1.165, 1.54) is 0 Å². The Kier molecular flexibility index (Phi) is 7.12. The number of fused-ring (bicyclic) bond motifs is 2. The molecule has 0 radical (unpaired) electrons. The lowest BCUT2D eigenvalue weighted by atomic mass is 10.1. The summed E-state index contributed by atoms with van der Waals surface area (Å²) in [6.45, 7) is 26.0. The Balaban J connectivity index is 1.84. The Bertz CT molecular complexity index is 1120. The van der Waals surface area contributed by atoms with Crippen LogP contribution in [0.25, 0.3) is 11.0 Å². The third-order valence-corrected chi connectivity index (χ3v) is 19.1. The average molecular weight is 645 g/mol. The lowest BCUT2D eigenvalue weighted by Crippen LogP contribution is -2.64. The number of aromatic nitrogens is 3. The Morgan fingerprint density at radius 1 is 1.08 bits per heavy atom. The third-order valence-electron chi connectivity index (χ3n) is 8.68. The molecule has 0 amide bonds. The van der Waals surface area contributed by atoms with E-state index in [0.717, 1.165) is 21.0 Å². The van der Waals surface area contributed by atoms with Crippen molar-refractivity contribution in [2.75, 3.05) is 12.3 Å². The zero-order valence-corrected chi connectivity index (χ0v) is 28.1. The Hall–Kier alpha value is -0.536. The first kappa shape index (κ1) is 28.5. The van der Waals surface area contributed by atoms with Gasteiger partial charge in [-0.3, -0.25) is 0 Å². The lowest BCUT2D eigenvalue weighted by Gasteiger charge is -2.55. The molecule has 2 aliphatic rings. The highest BCUT2D eigenvalue weighted by Crippen LogP contribution is 2.58. The Morgan fingerprint density at radius 2 is 1.69 bits per heavy atom. The van der Waals surface area contributed by atoms with E-state index in [1.807, 2.05) is 0 Å². The minimum absolute atomic E-state index is 0.0164. The van der Waals surface area contributed by atoms with E-state index in [-0.39, 0.29) is 39.3 Å². The quantitative estimate of drug-likeness (QED) is 0.286. The molecule has 0 aromatic carbocycles. The van der Waals surface area contributed by atoms with E-state index < -0.39 is 16.9 Å². The van der Waals surface area contributed by atoms with E-state index in [2.05, 4.69) is 119 Å². The second kappa shape index (κ2) is 9.01. The predicted octanol–water partition coefficient (Wildman–Crippen LogP) is 7.03. The van der Waals surface area contributed by atoms with Crippen LogP contribution in [-0.4, -0.2) is 50.2 Å². The van der Waals surface area contributed by atoms with Crippen LogP contribution in [0.1, 0.15) is 74.8 Å². The van der Waals surface area contributed by atoms with Crippen molar-refractivity contribution in [3.8, 4) is 0 Å². The summed E-state index contributed by atoms with van der Waals surface area (Å²) in [6.07, 6.45) is 4.55. The lowest BCUT2D eigenvalue weighted by molar-refractivity contribution is -0.0533. The fourth-order valence-electron chi connectivity index (χ4n) is 6.00. The molecule has 7 nitrogen and oxygen atoms in total. The monoisotopic (exact) mass is 644 g/mol. The number of hydrogen-bond acceptors (Lipinski definition) is 6. The molecule has 2 N–H and O–H groups in total. The van der Waals surface area contributed by atoms with Gasteiger partial charge in [0.2, 0.25) is 0 Å². The molecule has 4 rings (SSSR count). The number of hydrogen-bond donors (Lipinski definition) is 1. The molecule has 2 aromatic rings. The van der Waals surface area contributed by atoms with Crippen LogP contribution in [0.2, 0.25) is 28.2 Å². The summed E-state index contributed by atoms with van der Waals surface area (Å²) in [7, 11) is -4.75. The smallest absolute Gasteiger partial charge is 0.349 e. The second-order valence-electron chi connectivity index (χ2n) is 14.3. The number of rotatable bonds is 3. The van der Waals surface area contributed by atoms with E-state index in [4.69, 9.17) is 19.0 Å². The van der Waals surface area contributed by atoms with Crippen molar-refractivity contribution in [1.29, 1.82) is 0 Å². The number of nitrogens with zero attached hydrogens (tertiary/aromatic N) is 3. The Morgan fingerprint density at radius 3 is 2.25 bits per heavy atom. The van der Waals surface area contributed by atoms with Gasteiger partial charge < -0.3 is 23.6 Å². The van der Waals surface area contributed by atoms with Crippen LogP contribution in [0.15, 0.2) is 12.5 Å². The molecule has 1 saturated heterocycles. The first-order chi connectivity index (χ1) is 16.3. The van der Waals surface area contributed by atoms with Crippen molar-refractivity contribution in [1.82, 2.24) is 14.5 Å². The predicted molar refractivity (Wildman–Crippen MR) is 160 cm³/mol. The first-order valence-corrected chi connectivity index (χ1v) is 18.9. The molecule has 2 aromatic heterocycles. The highest BCUT2D eigenvalue weighted by Gasteiger charge is 2.65. The van der Waals surface area contributed by atoms with Gasteiger partial charge in [-0.2, -0.15) is 0 Å². The van der Waals surface area contributed by atoms with Crippen molar-refractivity contribution in [3.63, 3.8) is 0 Å². The molecule has 1 saturated carbocycles. The highest BCUT2D eigenvalue weighted by atomic mass is 127. The van der Waals surface area contributed by atoms with Gasteiger partial charge in [-0.25, -0.2) is 9.97 Å². The van der Waals surface area contributed by atoms with Crippen molar-refractivity contribution in [2.24, 2.45) is 5.92 Å². The molecular formula is C26H45IN4O3Si2. The van der Waals surface area contributed by atoms with Gasteiger partial charge in [0.1, 0.15) is 17.8 Å². The average Bonchev–Trinajstić information content (AvgIpc) is 3.23. The first-order valence-electron chi connectivity index (χ1n) is 13.1. The summed E-state index contributed by atoms with van der Waals surface area (Å²) in [5.74, 6) is 0.788. The van der Waals surface area contributed by atoms with E-state index in [1.54, 1.807) is 6.33 Å². The summed E-state index contributed by atoms with van der Waals surface area (Å²) in [5, 5.41) is 0.854. The van der Waals surface area contributed by atoms with E-state index >= 15 is 0 Å². The van der Waals surface area contributed by atoms with Crippen molar-refractivity contribution >= 4 is 56.3 Å². The normalized spacial score (nSPS) is 27.4. The van der Waals surface area contributed by atoms with Crippen LogP contribution in [0.4, 0.5) is 5.82 Å². The summed E-state index contributed by atoms with van der Waals surface area (Å²) in [5.41, 5.74) is 7.15. The van der Waals surface area contributed by atoms with Gasteiger partial charge >= 0.3 is 8.56 Å². The number of anilines is 1. The van der Waals surface area contributed by atoms with Crippen molar-refractivity contribution in [2.45, 2.75) is 115 Å². The zero-order valence-electron chi connectivity index (χ0n) is 23.9. The van der Waals surface area contributed by atoms with Gasteiger partial charge in [0.25, 0.3) is 0 Å². The maximum atomic E-state index is 7.33. The van der Waals surface area contributed by atoms with Crippen LogP contribution >= 0.6 is 22.6 Å². The largest absolute Gasteiger partial charge is 0.409 e. The SMILES string of the molecule is CC(C)(C)[Si](C)(C)O[C@@H]1[C@@H]2O[Si](C(C)(C)C)(C(C)(C)C)OC[C@H]2C[C@H]1n1cc(I)c2c(N)ncnc21. The maximum Gasteiger partial charge on any atom is 0.349 e. The third kappa shape index (κ3) is 4.51. The van der Waals surface area contributed by atoms with Gasteiger partial charge in [0, 0.05) is 32.4 Å². The van der Waals surface area contributed by atoms with Gasteiger partial charge in [0.05, 0.1) is 23.6 Å². The van der Waals surface area contributed by atoms with Crippen molar-refractivity contribution in [3.05, 3.63) is 16.1 Å². The summed E-state index contributed by atoms with van der Waals surface area (Å²) in [6, 6.07) is 0.0859. The van der Waals surface area contributed by atoms with Crippen LogP contribution < -0.4 is 5.73 Å². The summed E-state index contributed by atoms with van der Waals surface area (Å²) < 4.78 is 24.8. The molecule has 10 heteroatoms. The highest BCUT2D eigenvalue weighted by molar-refractivity contribution is 14.1. The maximum absolute atomic E-state index is 7.33. The van der Waals surface area contributed by atoms with Crippen molar-refractivity contribution < 1.29 is 13.3 Å². The van der Waals surface area contributed by atoms with Crippen LogP contribution in [0, 0.1) is 9.49 Å². The molecule has 0 bridgehead atoms. The number of nitrogen functional groups attached to an aromatic ring is 1. The van der Waals surface area contributed by atoms with Gasteiger partial charge in [0.15, 0.2) is 8.32 Å². The van der Waals surface area contributed by atoms with Crippen LogP contribution in [0.5, 0.6) is 0 Å². The van der Waals surface area contributed by atoms with E-state index in [9.17, 15) is 0 Å². The van der Waals surface area contributed by atoms with Gasteiger partial charge in [-0.05, 0) is 47.1 Å². The fraction of sp³-hybridized carbons (Fsp3) is 0.769. The second-order valence-corrected chi connectivity index (χ2v) is 24.9. The summed E-state index contributed by atoms with van der Waals surface area (Å²) >= 11 is 2.35. The molecule has 4 atom stereocenters. The molecule has 1 aliphatic carbocycles. The van der Waals surface area contributed by atoms with Crippen LogP contribution in [0.3, 0.4) is 0 Å². The molecule has 3 heterocycles. The molecule has 1 aliphatic heterocycles. The topological polar surface area (TPSA) is 84.4 Å². The summed E-state index contributed by atoms with van der Waals surface area (Å²) in [4.78, 5) is 8.92. The van der Waals surface area contributed by atoms with E-state index in [0.29, 0.717) is 12.4 Å². The minimum Gasteiger partial charge on any atom is -0.409 e. The standard InChI is InChI=1S/C26H45IN4O3Si2/c1-24(2,3)35(10,11)33-21-18(31-13-17(27)19-22(28)29-15-30-23(19)31)12-16-14-32-36(25(4,5)6,26(7,8)9)34-20(16)21/h13,15-16,18,20-21H,12,14H2,1-11H3,(H2,28,29,30)/t16-,18-,20-,21+/m1/s1. The molecule has 202 valence electrons. The Labute approximate surface area is 232 Å². The molecule has 2 fully saturated rings. The molecular weight excluding hydrogens is 599 g/mol. The molecule has 0 spiro atoms. The zero-order chi connectivity index (χ0) is 27.1. The minimum atomic E-state index is -2.64. The molecule has 0 unspecified atom stereocenters. The number of halogens is 1. The van der Waals surface area contributed by atoms with Gasteiger partial charge in [-0.1, -0.05) is 62.3 Å². The molecule has 36 heavy (non-hydrogen) atoms.